The van der Waals surface area contributed by atoms with E-state index < -0.39 is 0 Å². The number of ether oxygens (including phenoxy) is 1. The lowest BCUT2D eigenvalue weighted by molar-refractivity contribution is 0.0806. The third-order valence-electron chi connectivity index (χ3n) is 3.20. The fourth-order valence-electron chi connectivity index (χ4n) is 2.31. The Kier molecular flexibility index (Phi) is 5.78. The molecule has 0 amide bonds. The summed E-state index contributed by atoms with van der Waals surface area (Å²) >= 11 is 0. The third-order valence-corrected chi connectivity index (χ3v) is 3.20. The number of hydrogen-bond acceptors (Lipinski definition) is 3. The van der Waals surface area contributed by atoms with Crippen molar-refractivity contribution in [3.05, 3.63) is 65.7 Å². The van der Waals surface area contributed by atoms with E-state index >= 15 is 0 Å². The van der Waals surface area contributed by atoms with Crippen molar-refractivity contribution in [2.45, 2.75) is 33.0 Å². The molecule has 0 bridgehead atoms. The van der Waals surface area contributed by atoms with Crippen molar-refractivity contribution in [3.8, 4) is 0 Å². The second-order valence-electron chi connectivity index (χ2n) is 5.08. The number of hydrazine groups is 1. The lowest BCUT2D eigenvalue weighted by atomic mass is 10.1. The molecule has 0 saturated heterocycles. The van der Waals surface area contributed by atoms with Crippen molar-refractivity contribution >= 4 is 5.69 Å². The predicted molar refractivity (Wildman–Crippen MR) is 87.9 cm³/mol. The van der Waals surface area contributed by atoms with Crippen molar-refractivity contribution in [1.82, 2.24) is 5.43 Å². The Hall–Kier alpha value is -1.84. The topological polar surface area (TPSA) is 24.5 Å². The predicted octanol–water partition coefficient (Wildman–Crippen LogP) is 4.27. The summed E-state index contributed by atoms with van der Waals surface area (Å²) in [6.45, 7) is 5.08. The van der Waals surface area contributed by atoms with E-state index in [4.69, 9.17) is 4.74 Å². The van der Waals surface area contributed by atoms with Crippen LogP contribution < -0.4 is 10.4 Å². The molecule has 0 aliphatic carbocycles. The highest BCUT2D eigenvalue weighted by molar-refractivity contribution is 5.57. The van der Waals surface area contributed by atoms with Gasteiger partial charge < -0.3 is 9.75 Å². The van der Waals surface area contributed by atoms with Crippen molar-refractivity contribution in [2.75, 3.05) is 12.1 Å². The molecule has 0 spiro atoms. The molecule has 1 atom stereocenters. The molecular formula is C18H24N2O. The summed E-state index contributed by atoms with van der Waals surface area (Å²) in [5.41, 5.74) is 7.02. The number of anilines is 1. The summed E-state index contributed by atoms with van der Waals surface area (Å²) in [7, 11) is 1.72. The van der Waals surface area contributed by atoms with Crippen LogP contribution in [-0.4, -0.2) is 7.11 Å². The van der Waals surface area contributed by atoms with Gasteiger partial charge in [0.05, 0.1) is 12.2 Å². The molecule has 1 N–H and O–H groups in total. The van der Waals surface area contributed by atoms with Crippen LogP contribution in [-0.2, 0) is 11.3 Å². The van der Waals surface area contributed by atoms with Crippen LogP contribution in [0.15, 0.2) is 54.6 Å². The normalized spacial score (nSPS) is 16.1. The van der Waals surface area contributed by atoms with E-state index in [-0.39, 0.29) is 6.23 Å². The average molecular weight is 284 g/mol. The van der Waals surface area contributed by atoms with Gasteiger partial charge in [0.15, 0.2) is 6.23 Å². The van der Waals surface area contributed by atoms with Crippen molar-refractivity contribution in [2.24, 2.45) is 0 Å². The Morgan fingerprint density at radius 1 is 1.00 bits per heavy atom. The first-order chi connectivity index (χ1) is 10.3. The minimum absolute atomic E-state index is 0.0510. The lowest BCUT2D eigenvalue weighted by Gasteiger charge is -2.20. The lowest BCUT2D eigenvalue weighted by Crippen LogP contribution is -2.34. The van der Waals surface area contributed by atoms with Crippen LogP contribution in [0.2, 0.25) is 0 Å². The molecule has 2 aromatic carbocycles. The van der Waals surface area contributed by atoms with Gasteiger partial charge in [0, 0.05) is 12.7 Å². The van der Waals surface area contributed by atoms with Gasteiger partial charge in [-0.15, -0.1) is 0 Å². The van der Waals surface area contributed by atoms with E-state index in [1.807, 2.05) is 12.1 Å². The zero-order chi connectivity index (χ0) is 15.1. The molecule has 21 heavy (non-hydrogen) atoms. The van der Waals surface area contributed by atoms with Gasteiger partial charge in [-0.05, 0) is 11.6 Å². The molecule has 2 aromatic rings. The molecule has 3 nitrogen and oxygen atoms in total. The number of rotatable bonds is 3. The smallest absolute Gasteiger partial charge is 0.152 e. The maximum Gasteiger partial charge on any atom is 0.152 e. The zero-order valence-corrected chi connectivity index (χ0v) is 13.0. The molecule has 1 aliphatic heterocycles. The Morgan fingerprint density at radius 3 is 2.29 bits per heavy atom. The molecule has 0 radical (unpaired) electrons. The molecule has 1 heterocycles. The fraction of sp³-hybridized carbons (Fsp3) is 0.333. The highest BCUT2D eigenvalue weighted by Crippen LogP contribution is 2.33. The van der Waals surface area contributed by atoms with Crippen molar-refractivity contribution in [3.63, 3.8) is 0 Å². The summed E-state index contributed by atoms with van der Waals surface area (Å²) in [6, 6.07) is 18.7. The number of nitrogens with one attached hydrogen (secondary N) is 1. The molecule has 1 unspecified atom stereocenters. The monoisotopic (exact) mass is 284 g/mol. The van der Waals surface area contributed by atoms with Crippen LogP contribution in [0.4, 0.5) is 5.69 Å². The highest BCUT2D eigenvalue weighted by Gasteiger charge is 2.27. The van der Waals surface area contributed by atoms with Gasteiger partial charge in [0.25, 0.3) is 0 Å². The molecular weight excluding hydrogens is 260 g/mol. The maximum absolute atomic E-state index is 5.45. The Balaban J connectivity index is 0.000000497. The van der Waals surface area contributed by atoms with Gasteiger partial charge in [0.2, 0.25) is 0 Å². The van der Waals surface area contributed by atoms with Crippen LogP contribution in [0.25, 0.3) is 0 Å². The zero-order valence-electron chi connectivity index (χ0n) is 13.0. The van der Waals surface area contributed by atoms with Gasteiger partial charge in [-0.2, -0.15) is 0 Å². The van der Waals surface area contributed by atoms with Crippen LogP contribution in [0, 0.1) is 0 Å². The van der Waals surface area contributed by atoms with Crippen LogP contribution in [0.1, 0.15) is 37.6 Å². The summed E-state index contributed by atoms with van der Waals surface area (Å²) < 4.78 is 5.45. The van der Waals surface area contributed by atoms with Gasteiger partial charge in [-0.1, -0.05) is 68.8 Å². The van der Waals surface area contributed by atoms with E-state index in [2.05, 4.69) is 66.7 Å². The van der Waals surface area contributed by atoms with E-state index in [0.29, 0.717) is 0 Å². The Labute approximate surface area is 127 Å². The second kappa shape index (κ2) is 7.81. The van der Waals surface area contributed by atoms with Crippen LogP contribution in [0.5, 0.6) is 0 Å². The largest absolute Gasteiger partial charge is 0.361 e. The molecule has 112 valence electrons. The highest BCUT2D eigenvalue weighted by atomic mass is 16.5. The van der Waals surface area contributed by atoms with Gasteiger partial charge in [-0.25, -0.2) is 5.43 Å². The van der Waals surface area contributed by atoms with Crippen LogP contribution >= 0.6 is 0 Å². The van der Waals surface area contributed by atoms with Gasteiger partial charge in [-0.3, -0.25) is 0 Å². The first-order valence-electron chi connectivity index (χ1n) is 7.49. The Morgan fingerprint density at radius 2 is 1.62 bits per heavy atom. The average Bonchev–Trinajstić information content (AvgIpc) is 2.87. The molecule has 3 rings (SSSR count). The first kappa shape index (κ1) is 15.5. The standard InChI is InChI=1S/C15H16N2O.C3H8/c1-18-15-13-9-5-6-10-14(13)17(16-15)11-12-7-3-2-4-8-12;1-3-2/h2-10,15-16H,11H2,1H3;3H2,1-2H3. The van der Waals surface area contributed by atoms with Gasteiger partial charge >= 0.3 is 0 Å². The molecule has 1 aliphatic rings. The minimum Gasteiger partial charge on any atom is -0.361 e. The summed E-state index contributed by atoms with van der Waals surface area (Å²) in [6.07, 6.45) is 1.20. The third kappa shape index (κ3) is 3.84. The Bertz CT molecular complexity index is 542. The molecule has 0 aromatic heterocycles. The van der Waals surface area contributed by atoms with E-state index in [0.717, 1.165) is 6.54 Å². The second-order valence-corrected chi connectivity index (χ2v) is 5.08. The SMILES string of the molecule is CCC.COC1NN(Cc2ccccc2)c2ccccc21. The number of para-hydroxylation sites is 1. The number of nitrogens with zero attached hydrogens (tertiary/aromatic N) is 1. The van der Waals surface area contributed by atoms with E-state index in [1.165, 1.54) is 23.2 Å². The number of methoxy groups -OCH3 is 1. The molecule has 0 saturated carbocycles. The summed E-state index contributed by atoms with van der Waals surface area (Å²) in [5.74, 6) is 0. The summed E-state index contributed by atoms with van der Waals surface area (Å²) in [5, 5.41) is 2.14. The fourth-order valence-corrected chi connectivity index (χ4v) is 2.31. The maximum atomic E-state index is 5.45. The minimum atomic E-state index is -0.0510. The van der Waals surface area contributed by atoms with Crippen LogP contribution in [0.3, 0.4) is 0 Å². The number of hydrogen-bond donors (Lipinski definition) is 1. The van der Waals surface area contributed by atoms with Gasteiger partial charge in [0.1, 0.15) is 0 Å². The van der Waals surface area contributed by atoms with E-state index in [1.54, 1.807) is 7.11 Å². The summed E-state index contributed by atoms with van der Waals surface area (Å²) in [4.78, 5) is 0. The molecule has 3 heteroatoms. The van der Waals surface area contributed by atoms with Crippen molar-refractivity contribution in [1.29, 1.82) is 0 Å². The van der Waals surface area contributed by atoms with Crippen molar-refractivity contribution < 1.29 is 4.74 Å². The van der Waals surface area contributed by atoms with E-state index in [9.17, 15) is 0 Å². The first-order valence-corrected chi connectivity index (χ1v) is 7.49. The quantitative estimate of drug-likeness (QED) is 0.910. The number of benzene rings is 2. The molecule has 0 fully saturated rings. The number of fused-ring (bicyclic) bond motifs is 1.